The second kappa shape index (κ2) is 10.2. The third-order valence-electron chi connectivity index (χ3n) is 7.08. The molecule has 1 N–H and O–H groups in total. The molecule has 6 rings (SSSR count). The summed E-state index contributed by atoms with van der Waals surface area (Å²) in [6, 6.07) is 15.7. The van der Waals surface area contributed by atoms with Gasteiger partial charge in [-0.15, -0.1) is 0 Å². The van der Waals surface area contributed by atoms with Crippen molar-refractivity contribution in [2.45, 2.75) is 69.9 Å². The molecule has 0 amide bonds. The van der Waals surface area contributed by atoms with Crippen molar-refractivity contribution in [1.82, 2.24) is 20.3 Å². The van der Waals surface area contributed by atoms with E-state index >= 15 is 0 Å². The van der Waals surface area contributed by atoms with Crippen LogP contribution in [0.15, 0.2) is 57.6 Å². The van der Waals surface area contributed by atoms with Crippen LogP contribution in [0.25, 0.3) is 11.4 Å². The number of aliphatic carboxylic acids is 1. The summed E-state index contributed by atoms with van der Waals surface area (Å²) in [5, 5.41) is 17.7. The van der Waals surface area contributed by atoms with E-state index in [2.05, 4.69) is 37.3 Å². The first-order valence-corrected chi connectivity index (χ1v) is 13.4. The fraction of sp³-hybridized carbons (Fsp3) is 0.414. The van der Waals surface area contributed by atoms with E-state index in [9.17, 15) is 9.90 Å². The van der Waals surface area contributed by atoms with Gasteiger partial charge in [0, 0.05) is 30.5 Å². The summed E-state index contributed by atoms with van der Waals surface area (Å²) < 4.78 is 16.6. The molecular formula is C29H31N5O5. The van der Waals surface area contributed by atoms with Gasteiger partial charge in [0.05, 0.1) is 0 Å². The predicted octanol–water partition coefficient (Wildman–Crippen LogP) is 5.37. The van der Waals surface area contributed by atoms with Gasteiger partial charge in [0.15, 0.2) is 5.60 Å². The van der Waals surface area contributed by atoms with Crippen LogP contribution in [0.5, 0.6) is 5.75 Å². The molecule has 202 valence electrons. The average Bonchev–Trinajstić information content (AvgIpc) is 3.86. The summed E-state index contributed by atoms with van der Waals surface area (Å²) in [6.07, 6.45) is 5.16. The molecule has 10 heteroatoms. The van der Waals surface area contributed by atoms with Crippen LogP contribution >= 0.6 is 0 Å². The summed E-state index contributed by atoms with van der Waals surface area (Å²) in [6.45, 7) is 4.34. The molecule has 0 aliphatic heterocycles. The van der Waals surface area contributed by atoms with Gasteiger partial charge in [-0.2, -0.15) is 9.97 Å². The molecule has 2 heterocycles. The highest BCUT2D eigenvalue weighted by molar-refractivity contribution is 5.76. The van der Waals surface area contributed by atoms with Gasteiger partial charge in [-0.05, 0) is 74.4 Å². The zero-order valence-corrected chi connectivity index (χ0v) is 22.0. The highest BCUT2D eigenvalue weighted by Crippen LogP contribution is 2.40. The van der Waals surface area contributed by atoms with Crippen LogP contribution in [0.2, 0.25) is 0 Å². The first-order chi connectivity index (χ1) is 18.8. The van der Waals surface area contributed by atoms with Gasteiger partial charge in [0.1, 0.15) is 5.75 Å². The molecule has 10 nitrogen and oxygen atoms in total. The molecule has 2 aromatic heterocycles. The van der Waals surface area contributed by atoms with Crippen molar-refractivity contribution in [3.8, 4) is 17.1 Å². The molecule has 0 atom stereocenters. The molecule has 4 aromatic rings. The fourth-order valence-electron chi connectivity index (χ4n) is 4.26. The largest absolute Gasteiger partial charge is 0.478 e. The van der Waals surface area contributed by atoms with E-state index in [1.165, 1.54) is 13.8 Å². The number of ether oxygens (including phenoxy) is 1. The molecule has 0 bridgehead atoms. The van der Waals surface area contributed by atoms with Gasteiger partial charge in [0.25, 0.3) is 5.95 Å². The van der Waals surface area contributed by atoms with Gasteiger partial charge in [0.2, 0.25) is 17.6 Å². The summed E-state index contributed by atoms with van der Waals surface area (Å²) in [5.74, 6) is 2.94. The second-order valence-electron chi connectivity index (χ2n) is 10.9. The minimum Gasteiger partial charge on any atom is -0.478 e. The van der Waals surface area contributed by atoms with Gasteiger partial charge in [-0.1, -0.05) is 41.6 Å². The molecule has 2 saturated carbocycles. The Kier molecular flexibility index (Phi) is 6.54. The van der Waals surface area contributed by atoms with Crippen molar-refractivity contribution < 1.29 is 23.7 Å². The highest BCUT2D eigenvalue weighted by Gasteiger charge is 2.31. The quantitative estimate of drug-likeness (QED) is 0.256. The maximum absolute atomic E-state index is 11.4. The Hall–Kier alpha value is -4.21. The minimum atomic E-state index is -1.30. The van der Waals surface area contributed by atoms with Gasteiger partial charge in [-0.25, -0.2) is 4.79 Å². The van der Waals surface area contributed by atoms with E-state index in [0.29, 0.717) is 48.3 Å². The number of hydrogen-bond donors (Lipinski definition) is 1. The number of carboxylic acids is 1. The average molecular weight is 530 g/mol. The molecule has 39 heavy (non-hydrogen) atoms. The van der Waals surface area contributed by atoms with Crippen LogP contribution in [0.3, 0.4) is 0 Å². The van der Waals surface area contributed by atoms with Crippen LogP contribution in [0.1, 0.15) is 74.3 Å². The molecule has 2 aliphatic rings. The maximum Gasteiger partial charge on any atom is 0.347 e. The molecule has 2 aliphatic carbocycles. The van der Waals surface area contributed by atoms with Crippen LogP contribution < -0.4 is 9.64 Å². The fourth-order valence-corrected chi connectivity index (χ4v) is 4.26. The number of rotatable bonds is 12. The smallest absolute Gasteiger partial charge is 0.347 e. The van der Waals surface area contributed by atoms with Gasteiger partial charge < -0.3 is 23.8 Å². The summed E-state index contributed by atoms with van der Waals surface area (Å²) in [5.41, 5.74) is 1.81. The Morgan fingerprint density at radius 3 is 2.18 bits per heavy atom. The zero-order valence-electron chi connectivity index (χ0n) is 22.0. The monoisotopic (exact) mass is 529 g/mol. The molecular weight excluding hydrogens is 498 g/mol. The van der Waals surface area contributed by atoms with Crippen molar-refractivity contribution in [3.63, 3.8) is 0 Å². The summed E-state index contributed by atoms with van der Waals surface area (Å²) in [7, 11) is 0. The predicted molar refractivity (Wildman–Crippen MR) is 142 cm³/mol. The number of hydrogen-bond acceptors (Lipinski definition) is 9. The minimum absolute atomic E-state index is 0.380. The van der Waals surface area contributed by atoms with E-state index in [-0.39, 0.29) is 0 Å². The lowest BCUT2D eigenvalue weighted by Crippen LogP contribution is -2.37. The number of anilines is 1. The zero-order chi connectivity index (χ0) is 27.0. The standard InChI is InChI=1S/C29H31N5O5/c1-29(2,27(35)36)37-23-13-5-18(6-14-23)15-16-34(28-31-26(39-33-28)22-11-12-22)17-19-3-7-20(8-4-19)24-30-25(38-32-24)21-9-10-21/h3-8,13-14,21-22H,9-12,15-17H2,1-2H3,(H,35,36). The lowest BCUT2D eigenvalue weighted by atomic mass is 10.1. The molecule has 0 unspecified atom stereocenters. The summed E-state index contributed by atoms with van der Waals surface area (Å²) >= 11 is 0. The lowest BCUT2D eigenvalue weighted by molar-refractivity contribution is -0.152. The maximum atomic E-state index is 11.4. The van der Waals surface area contributed by atoms with Crippen LogP contribution in [0, 0.1) is 0 Å². The molecule has 0 saturated heterocycles. The Morgan fingerprint density at radius 2 is 1.54 bits per heavy atom. The van der Waals surface area contributed by atoms with Crippen molar-refractivity contribution in [2.24, 2.45) is 0 Å². The molecule has 0 spiro atoms. The number of nitrogens with zero attached hydrogens (tertiary/aromatic N) is 5. The third-order valence-corrected chi connectivity index (χ3v) is 7.08. The Bertz CT molecular complexity index is 1440. The highest BCUT2D eigenvalue weighted by atomic mass is 16.5. The van der Waals surface area contributed by atoms with Crippen LogP contribution in [-0.4, -0.2) is 43.5 Å². The number of carbonyl (C=O) groups is 1. The third kappa shape index (κ3) is 5.94. The first-order valence-electron chi connectivity index (χ1n) is 13.4. The lowest BCUT2D eigenvalue weighted by Gasteiger charge is -2.22. The molecule has 0 radical (unpaired) electrons. The van der Waals surface area contributed by atoms with Crippen molar-refractivity contribution in [3.05, 3.63) is 71.4 Å². The number of carboxylic acid groups (broad SMARTS) is 1. The Balaban J connectivity index is 1.14. The second-order valence-corrected chi connectivity index (χ2v) is 10.9. The van der Waals surface area contributed by atoms with Gasteiger partial charge in [-0.3, -0.25) is 0 Å². The van der Waals surface area contributed by atoms with Crippen LogP contribution in [-0.2, 0) is 17.8 Å². The molecule has 2 fully saturated rings. The normalized spacial score (nSPS) is 15.3. The van der Waals surface area contributed by atoms with Crippen molar-refractivity contribution in [1.29, 1.82) is 0 Å². The first kappa shape index (κ1) is 25.1. The number of benzene rings is 2. The van der Waals surface area contributed by atoms with E-state index in [1.54, 1.807) is 12.1 Å². The van der Waals surface area contributed by atoms with Crippen molar-refractivity contribution >= 4 is 11.9 Å². The SMILES string of the molecule is CC(C)(Oc1ccc(CCN(Cc2ccc(-c3noc(C4CC4)n3)cc2)c2noc(C3CC3)n2)cc1)C(=O)O. The van der Waals surface area contributed by atoms with Crippen LogP contribution in [0.4, 0.5) is 5.95 Å². The Morgan fingerprint density at radius 1 is 0.923 bits per heavy atom. The summed E-state index contributed by atoms with van der Waals surface area (Å²) in [4.78, 5) is 22.7. The van der Waals surface area contributed by atoms with E-state index < -0.39 is 11.6 Å². The molecule has 2 aromatic carbocycles. The van der Waals surface area contributed by atoms with E-state index in [0.717, 1.165) is 54.7 Å². The van der Waals surface area contributed by atoms with E-state index in [4.69, 9.17) is 13.8 Å². The topological polar surface area (TPSA) is 128 Å². The number of aromatic nitrogens is 4. The van der Waals surface area contributed by atoms with Crippen molar-refractivity contribution in [2.75, 3.05) is 11.4 Å². The Labute approximate surface area is 226 Å². The van der Waals surface area contributed by atoms with E-state index in [1.807, 2.05) is 24.3 Å². The van der Waals surface area contributed by atoms with Gasteiger partial charge >= 0.3 is 5.97 Å².